The van der Waals surface area contributed by atoms with Crippen molar-refractivity contribution in [3.05, 3.63) is 0 Å². The summed E-state index contributed by atoms with van der Waals surface area (Å²) in [5.74, 6) is 0. The van der Waals surface area contributed by atoms with E-state index in [9.17, 15) is 0 Å². The SMILES string of the molecule is CCCC(C)N=CN(C)C. The summed E-state index contributed by atoms with van der Waals surface area (Å²) in [6.07, 6.45) is 4.27. The smallest absolute Gasteiger partial charge is 0.0847 e. The molecule has 0 aliphatic heterocycles. The first-order chi connectivity index (χ1) is 4.66. The van der Waals surface area contributed by atoms with E-state index in [-0.39, 0.29) is 0 Å². The van der Waals surface area contributed by atoms with Crippen LogP contribution in [0.2, 0.25) is 0 Å². The molecule has 1 atom stereocenters. The Hall–Kier alpha value is -0.530. The summed E-state index contributed by atoms with van der Waals surface area (Å²) in [6, 6.07) is 0.479. The van der Waals surface area contributed by atoms with Crippen molar-refractivity contribution in [2.24, 2.45) is 4.99 Å². The molecule has 0 N–H and O–H groups in total. The van der Waals surface area contributed by atoms with Gasteiger partial charge in [-0.25, -0.2) is 0 Å². The van der Waals surface area contributed by atoms with E-state index in [1.54, 1.807) is 0 Å². The second-order valence-electron chi connectivity index (χ2n) is 2.87. The van der Waals surface area contributed by atoms with E-state index in [2.05, 4.69) is 18.8 Å². The third-order valence-corrected chi connectivity index (χ3v) is 1.26. The summed E-state index contributed by atoms with van der Waals surface area (Å²) in [4.78, 5) is 6.28. The molecule has 0 aliphatic carbocycles. The largest absolute Gasteiger partial charge is 0.369 e. The van der Waals surface area contributed by atoms with E-state index in [0.717, 1.165) is 0 Å². The van der Waals surface area contributed by atoms with Crippen molar-refractivity contribution < 1.29 is 0 Å². The molecule has 1 unspecified atom stereocenters. The van der Waals surface area contributed by atoms with E-state index in [1.807, 2.05) is 25.3 Å². The van der Waals surface area contributed by atoms with Crippen molar-refractivity contribution in [1.29, 1.82) is 0 Å². The van der Waals surface area contributed by atoms with E-state index in [4.69, 9.17) is 0 Å². The lowest BCUT2D eigenvalue weighted by atomic mass is 10.2. The minimum absolute atomic E-state index is 0.479. The number of aliphatic imine (C=N–C) groups is 1. The summed E-state index contributed by atoms with van der Waals surface area (Å²) >= 11 is 0. The van der Waals surface area contributed by atoms with Gasteiger partial charge in [0.25, 0.3) is 0 Å². The minimum atomic E-state index is 0.479. The molecule has 0 aliphatic rings. The second kappa shape index (κ2) is 5.27. The zero-order chi connectivity index (χ0) is 7.98. The van der Waals surface area contributed by atoms with Gasteiger partial charge in [0.1, 0.15) is 0 Å². The molecule has 0 aromatic carbocycles. The molecule has 10 heavy (non-hydrogen) atoms. The Morgan fingerprint density at radius 3 is 2.50 bits per heavy atom. The number of nitrogens with zero attached hydrogens (tertiary/aromatic N) is 2. The average molecular weight is 142 g/mol. The molecule has 2 heteroatoms. The Labute approximate surface area is 63.9 Å². The first-order valence-electron chi connectivity index (χ1n) is 3.86. The zero-order valence-electron chi connectivity index (χ0n) is 7.46. The Morgan fingerprint density at radius 1 is 1.50 bits per heavy atom. The molecule has 60 valence electrons. The lowest BCUT2D eigenvalue weighted by Crippen LogP contribution is -2.10. The van der Waals surface area contributed by atoms with Gasteiger partial charge in [-0.1, -0.05) is 13.3 Å². The van der Waals surface area contributed by atoms with Crippen LogP contribution in [-0.4, -0.2) is 31.4 Å². The van der Waals surface area contributed by atoms with Gasteiger partial charge in [-0.15, -0.1) is 0 Å². The summed E-state index contributed by atoms with van der Waals surface area (Å²) in [5, 5.41) is 0. The van der Waals surface area contributed by atoms with Gasteiger partial charge < -0.3 is 4.90 Å². The molecule has 0 heterocycles. The molecule has 0 saturated heterocycles. The molecule has 0 fully saturated rings. The van der Waals surface area contributed by atoms with E-state index >= 15 is 0 Å². The van der Waals surface area contributed by atoms with Gasteiger partial charge >= 0.3 is 0 Å². The van der Waals surface area contributed by atoms with Gasteiger partial charge in [0.05, 0.1) is 6.34 Å². The molecule has 2 nitrogen and oxygen atoms in total. The van der Waals surface area contributed by atoms with Crippen LogP contribution >= 0.6 is 0 Å². The highest BCUT2D eigenvalue weighted by molar-refractivity contribution is 5.53. The van der Waals surface area contributed by atoms with Crippen LogP contribution in [0, 0.1) is 0 Å². The van der Waals surface area contributed by atoms with Gasteiger partial charge in [0, 0.05) is 20.1 Å². The lowest BCUT2D eigenvalue weighted by molar-refractivity contribution is 0.608. The molecule has 0 spiro atoms. The third-order valence-electron chi connectivity index (χ3n) is 1.26. The van der Waals surface area contributed by atoms with Crippen LogP contribution in [0.25, 0.3) is 0 Å². The van der Waals surface area contributed by atoms with Gasteiger partial charge in [-0.3, -0.25) is 4.99 Å². The summed E-state index contributed by atoms with van der Waals surface area (Å²) in [7, 11) is 3.98. The Morgan fingerprint density at radius 2 is 2.10 bits per heavy atom. The molecule has 0 radical (unpaired) electrons. The topological polar surface area (TPSA) is 15.6 Å². The van der Waals surface area contributed by atoms with E-state index in [1.165, 1.54) is 12.8 Å². The van der Waals surface area contributed by atoms with Crippen LogP contribution in [0.4, 0.5) is 0 Å². The maximum absolute atomic E-state index is 4.31. The molecule has 0 saturated carbocycles. The summed E-state index contributed by atoms with van der Waals surface area (Å²) < 4.78 is 0. The molecule has 0 aromatic rings. The highest BCUT2D eigenvalue weighted by Crippen LogP contribution is 1.98. The molecular formula is C8H18N2. The summed E-state index contributed by atoms with van der Waals surface area (Å²) in [5.41, 5.74) is 0. The number of hydrogen-bond donors (Lipinski definition) is 0. The van der Waals surface area contributed by atoms with Crippen molar-refractivity contribution in [3.63, 3.8) is 0 Å². The highest BCUT2D eigenvalue weighted by atomic mass is 15.1. The van der Waals surface area contributed by atoms with Gasteiger partial charge in [0.15, 0.2) is 0 Å². The first-order valence-corrected chi connectivity index (χ1v) is 3.86. The van der Waals surface area contributed by atoms with Gasteiger partial charge in [0.2, 0.25) is 0 Å². The Kier molecular flexibility index (Phi) is 4.99. The van der Waals surface area contributed by atoms with Crippen molar-refractivity contribution in [1.82, 2.24) is 4.90 Å². The minimum Gasteiger partial charge on any atom is -0.369 e. The maximum Gasteiger partial charge on any atom is 0.0847 e. The standard InChI is InChI=1S/C8H18N2/c1-5-6-8(2)9-7-10(3)4/h7-8H,5-6H2,1-4H3. The van der Waals surface area contributed by atoms with Crippen molar-refractivity contribution in [3.8, 4) is 0 Å². The Bertz CT molecular complexity index is 97.4. The number of hydrogen-bond acceptors (Lipinski definition) is 1. The average Bonchev–Trinajstić information content (AvgIpc) is 1.85. The highest BCUT2D eigenvalue weighted by Gasteiger charge is 1.93. The van der Waals surface area contributed by atoms with Crippen LogP contribution in [0.5, 0.6) is 0 Å². The molecule has 0 rings (SSSR count). The third kappa shape index (κ3) is 5.60. The van der Waals surface area contributed by atoms with E-state index in [0.29, 0.717) is 6.04 Å². The van der Waals surface area contributed by atoms with Gasteiger partial charge in [-0.2, -0.15) is 0 Å². The second-order valence-corrected chi connectivity index (χ2v) is 2.87. The predicted molar refractivity (Wildman–Crippen MR) is 46.5 cm³/mol. The van der Waals surface area contributed by atoms with Crippen molar-refractivity contribution in [2.75, 3.05) is 14.1 Å². The quantitative estimate of drug-likeness (QED) is 0.431. The number of rotatable bonds is 4. The monoisotopic (exact) mass is 142 g/mol. The van der Waals surface area contributed by atoms with E-state index < -0.39 is 0 Å². The van der Waals surface area contributed by atoms with Crippen LogP contribution in [0.1, 0.15) is 26.7 Å². The van der Waals surface area contributed by atoms with Crippen molar-refractivity contribution in [2.45, 2.75) is 32.7 Å². The van der Waals surface area contributed by atoms with Crippen LogP contribution in [0.15, 0.2) is 4.99 Å². The fraction of sp³-hybridized carbons (Fsp3) is 0.875. The maximum atomic E-state index is 4.31. The molecule has 0 amide bonds. The van der Waals surface area contributed by atoms with Crippen LogP contribution in [-0.2, 0) is 0 Å². The lowest BCUT2D eigenvalue weighted by Gasteiger charge is -2.06. The van der Waals surface area contributed by atoms with Crippen LogP contribution < -0.4 is 0 Å². The zero-order valence-corrected chi connectivity index (χ0v) is 7.46. The first kappa shape index (κ1) is 9.47. The van der Waals surface area contributed by atoms with Gasteiger partial charge in [-0.05, 0) is 13.3 Å². The van der Waals surface area contributed by atoms with Crippen molar-refractivity contribution >= 4 is 6.34 Å². The normalized spacial score (nSPS) is 14.0. The summed E-state index contributed by atoms with van der Waals surface area (Å²) in [6.45, 7) is 4.32. The fourth-order valence-electron chi connectivity index (χ4n) is 0.739. The van der Waals surface area contributed by atoms with Crippen LogP contribution in [0.3, 0.4) is 0 Å². The molecular weight excluding hydrogens is 124 g/mol. The molecule has 0 aromatic heterocycles. The fourth-order valence-corrected chi connectivity index (χ4v) is 0.739. The Balaban J connectivity index is 3.45. The molecule has 0 bridgehead atoms. The predicted octanol–water partition coefficient (Wildman–Crippen LogP) is 1.76.